The number of hydrogen-bond acceptors (Lipinski definition) is 5. The van der Waals surface area contributed by atoms with E-state index in [0.29, 0.717) is 39.4 Å². The normalized spacial score (nSPS) is 11.3. The third-order valence-corrected chi connectivity index (χ3v) is 11.1. The number of amides is 2. The molecule has 0 aliphatic carbocycles. The van der Waals surface area contributed by atoms with Crippen LogP contribution in [-0.2, 0) is 6.42 Å². The molecule has 0 bridgehead atoms. The van der Waals surface area contributed by atoms with Crippen LogP contribution < -0.4 is 15.2 Å². The Morgan fingerprint density at radius 3 is 1.77 bits per heavy atom. The average Bonchev–Trinajstić information content (AvgIpc) is 3.40. The predicted molar refractivity (Wildman–Crippen MR) is 229 cm³/mol. The Morgan fingerprint density at radius 1 is 0.554 bits per heavy atom. The Kier molecular flexibility index (Phi) is 9.44. The Hall–Kier alpha value is -6.82. The average molecular weight is 753 g/mol. The summed E-state index contributed by atoms with van der Waals surface area (Å²) in [5.41, 5.74) is 4.69. The zero-order valence-corrected chi connectivity index (χ0v) is 31.5. The molecule has 0 aliphatic heterocycles. The van der Waals surface area contributed by atoms with Crippen molar-refractivity contribution in [3.05, 3.63) is 174 Å². The van der Waals surface area contributed by atoms with E-state index < -0.39 is 8.24 Å². The largest absolute Gasteiger partial charge is 0.453 e. The van der Waals surface area contributed by atoms with Gasteiger partial charge in [-0.2, -0.15) is 0 Å². The summed E-state index contributed by atoms with van der Waals surface area (Å²) in [7, 11) is -1.90. The molecule has 2 amide bonds. The van der Waals surface area contributed by atoms with Gasteiger partial charge in [0.2, 0.25) is 0 Å². The molecular weight excluding hydrogens is 716 g/mol. The van der Waals surface area contributed by atoms with Gasteiger partial charge in [-0.1, -0.05) is 104 Å². The van der Waals surface area contributed by atoms with Gasteiger partial charge in [0.25, 0.3) is 11.8 Å². The lowest BCUT2D eigenvalue weighted by atomic mass is 9.99. The molecule has 9 aromatic rings. The van der Waals surface area contributed by atoms with Crippen molar-refractivity contribution in [2.24, 2.45) is 0 Å². The monoisotopic (exact) mass is 752 g/mol. The van der Waals surface area contributed by atoms with Crippen molar-refractivity contribution in [2.45, 2.75) is 26.2 Å². The highest BCUT2D eigenvalue weighted by atomic mass is 31.1. The number of carbonyl (C=O) groups is 2. The molecule has 9 rings (SSSR count). The van der Waals surface area contributed by atoms with Crippen LogP contribution in [0.5, 0.6) is 5.75 Å². The summed E-state index contributed by atoms with van der Waals surface area (Å²) < 4.78 is 19.6. The molecule has 1 aromatic heterocycles. The van der Waals surface area contributed by atoms with E-state index in [-0.39, 0.29) is 11.8 Å². The molecule has 0 saturated carbocycles. The number of hydrogen-bond donors (Lipinski definition) is 2. The van der Waals surface area contributed by atoms with Crippen molar-refractivity contribution in [1.29, 1.82) is 0 Å². The maximum absolute atomic E-state index is 13.4. The molecule has 8 heteroatoms. The summed E-state index contributed by atoms with van der Waals surface area (Å²) in [6.07, 6.45) is 3.28. The van der Waals surface area contributed by atoms with Gasteiger partial charge in [-0.3, -0.25) is 9.59 Å². The molecule has 0 saturated heterocycles. The molecule has 8 aromatic carbocycles. The second-order valence-corrected chi connectivity index (χ2v) is 14.8. The van der Waals surface area contributed by atoms with Gasteiger partial charge in [-0.05, 0) is 117 Å². The molecule has 7 nitrogen and oxygen atoms in total. The minimum absolute atomic E-state index is 0.281. The summed E-state index contributed by atoms with van der Waals surface area (Å²) in [6.45, 7) is 2.17. The quantitative estimate of drug-likeness (QED) is 0.153. The smallest absolute Gasteiger partial charge is 0.391 e. The first-order valence-electron chi connectivity index (χ1n) is 18.7. The highest BCUT2D eigenvalue weighted by Crippen LogP contribution is 2.42. The van der Waals surface area contributed by atoms with Crippen LogP contribution in [0.3, 0.4) is 0 Å². The number of anilines is 2. The molecule has 0 spiro atoms. The molecule has 1 heterocycles. The Bertz CT molecular complexity index is 2890. The third-order valence-electron chi connectivity index (χ3n) is 10.0. The van der Waals surface area contributed by atoms with Crippen LogP contribution in [0.25, 0.3) is 54.3 Å². The number of aryl methyl sites for hydroxylation is 1. The molecular formula is C48H37N2O5P. The van der Waals surface area contributed by atoms with Crippen LogP contribution >= 0.6 is 8.24 Å². The van der Waals surface area contributed by atoms with Crippen LogP contribution in [0.1, 0.15) is 46.0 Å². The van der Waals surface area contributed by atoms with Gasteiger partial charge >= 0.3 is 8.24 Å². The van der Waals surface area contributed by atoms with Crippen molar-refractivity contribution < 1.29 is 22.5 Å². The van der Waals surface area contributed by atoms with E-state index in [0.717, 1.165) is 62.4 Å². The van der Waals surface area contributed by atoms with Crippen molar-refractivity contribution >= 4 is 85.7 Å². The van der Waals surface area contributed by atoms with Crippen molar-refractivity contribution in [1.82, 2.24) is 0 Å². The summed E-state index contributed by atoms with van der Waals surface area (Å²) in [5, 5.41) is 14.1. The fourth-order valence-corrected chi connectivity index (χ4v) is 8.20. The van der Waals surface area contributed by atoms with Gasteiger partial charge in [0.05, 0.1) is 0 Å². The van der Waals surface area contributed by atoms with E-state index >= 15 is 0 Å². The molecule has 56 heavy (non-hydrogen) atoms. The highest BCUT2D eigenvalue weighted by Gasteiger charge is 2.15. The first-order valence-corrected chi connectivity index (χ1v) is 19.8. The summed E-state index contributed by atoms with van der Waals surface area (Å²) >= 11 is 0. The zero-order valence-electron chi connectivity index (χ0n) is 30.6. The maximum atomic E-state index is 13.4. The summed E-state index contributed by atoms with van der Waals surface area (Å²) in [5.74, 6) is -0.0445. The van der Waals surface area contributed by atoms with Crippen molar-refractivity contribution in [3.63, 3.8) is 0 Å². The van der Waals surface area contributed by atoms with Gasteiger partial charge in [0.1, 0.15) is 16.9 Å². The van der Waals surface area contributed by atoms with E-state index in [4.69, 9.17) is 12.9 Å². The van der Waals surface area contributed by atoms with Gasteiger partial charge in [0.15, 0.2) is 0 Å². The van der Waals surface area contributed by atoms with Gasteiger partial charge in [0, 0.05) is 33.3 Å². The molecule has 0 unspecified atom stereocenters. The number of fused-ring (bicyclic) bond motifs is 8. The molecule has 2 N–H and O–H groups in total. The second-order valence-electron chi connectivity index (χ2n) is 13.8. The van der Waals surface area contributed by atoms with Crippen LogP contribution in [0.4, 0.5) is 11.4 Å². The maximum Gasteiger partial charge on any atom is 0.453 e. The Labute approximate surface area is 324 Å². The summed E-state index contributed by atoms with van der Waals surface area (Å²) in [6, 6.07) is 50.7. The van der Waals surface area contributed by atoms with Crippen LogP contribution in [-0.4, -0.2) is 11.8 Å². The molecule has 0 radical (unpaired) electrons. The first kappa shape index (κ1) is 34.9. The van der Waals surface area contributed by atoms with E-state index in [1.54, 1.807) is 24.3 Å². The molecule has 0 aliphatic rings. The van der Waals surface area contributed by atoms with E-state index in [9.17, 15) is 9.59 Å². The SMILES string of the molecule is CCCCc1ccc(NC(=O)c2cccc(C(=O)Nc3ccc4ccc(Op5oc6ccc7ccccc7c6c6c(ccc7ccccc76)o5)cc4c3)c2)cc1. The van der Waals surface area contributed by atoms with Crippen molar-refractivity contribution in [2.75, 3.05) is 10.6 Å². The van der Waals surface area contributed by atoms with E-state index in [2.05, 4.69) is 54.0 Å². The standard InChI is InChI=1S/C48H37N2O5P/c1-2-3-9-31-16-22-38(23-17-31)49-47(51)35-12-8-13-36(28-35)48(52)50-39-24-18-32-19-25-40(30-37(32)29-39)53-56-54-43-26-20-33-10-4-6-14-41(33)45(43)46-42-15-7-5-11-34(42)21-27-44(46)55-56/h4-8,10-30H,2-3,9H2,1H3,(H,49,51)(H,50,52). The fraction of sp³-hybridized carbons (Fsp3) is 0.0833. The predicted octanol–water partition coefficient (Wildman–Crippen LogP) is 13.4. The minimum Gasteiger partial charge on any atom is -0.391 e. The second kappa shape index (κ2) is 15.1. The Morgan fingerprint density at radius 2 is 1.12 bits per heavy atom. The van der Waals surface area contributed by atoms with Gasteiger partial charge in [-0.15, -0.1) is 0 Å². The number of unbranched alkanes of at least 4 members (excludes halogenated alkanes) is 1. The Balaban J connectivity index is 0.981. The lowest BCUT2D eigenvalue weighted by Crippen LogP contribution is -2.15. The van der Waals surface area contributed by atoms with Gasteiger partial charge < -0.3 is 23.6 Å². The number of benzene rings is 8. The number of rotatable bonds is 9. The molecule has 0 atom stereocenters. The minimum atomic E-state index is -1.90. The fourth-order valence-electron chi connectivity index (χ4n) is 7.18. The molecule has 274 valence electrons. The van der Waals surface area contributed by atoms with Crippen LogP contribution in [0.15, 0.2) is 166 Å². The number of nitrogens with one attached hydrogen (secondary N) is 2. The van der Waals surface area contributed by atoms with Crippen LogP contribution in [0, 0.1) is 0 Å². The third kappa shape index (κ3) is 7.08. The van der Waals surface area contributed by atoms with Gasteiger partial charge in [-0.25, -0.2) is 0 Å². The lowest BCUT2D eigenvalue weighted by Gasteiger charge is -2.10. The van der Waals surface area contributed by atoms with E-state index in [1.165, 1.54) is 5.56 Å². The lowest BCUT2D eigenvalue weighted by molar-refractivity contribution is 0.102. The molecule has 0 fully saturated rings. The first-order chi connectivity index (χ1) is 27.5. The van der Waals surface area contributed by atoms with Crippen molar-refractivity contribution in [3.8, 4) is 5.75 Å². The zero-order chi connectivity index (χ0) is 38.0. The topological polar surface area (TPSA) is 93.7 Å². The number of carbonyl (C=O) groups excluding carboxylic acids is 2. The highest BCUT2D eigenvalue weighted by molar-refractivity contribution is 7.32. The van der Waals surface area contributed by atoms with Crippen LogP contribution in [0.2, 0.25) is 0 Å². The summed E-state index contributed by atoms with van der Waals surface area (Å²) in [4.78, 5) is 26.5. The van der Waals surface area contributed by atoms with E-state index in [1.807, 2.05) is 97.1 Å².